The van der Waals surface area contributed by atoms with E-state index in [0.29, 0.717) is 11.3 Å². The predicted molar refractivity (Wildman–Crippen MR) is 132 cm³/mol. The summed E-state index contributed by atoms with van der Waals surface area (Å²) in [6, 6.07) is 14.9. The van der Waals surface area contributed by atoms with Crippen LogP contribution in [0.4, 0.5) is 35.2 Å². The van der Waals surface area contributed by atoms with Crippen molar-refractivity contribution in [1.82, 2.24) is 9.88 Å². The summed E-state index contributed by atoms with van der Waals surface area (Å²) >= 11 is 0. The van der Waals surface area contributed by atoms with E-state index in [1.54, 1.807) is 36.4 Å². The Morgan fingerprint density at radius 3 is 2.26 bits per heavy atom. The lowest BCUT2D eigenvalue weighted by Crippen LogP contribution is -2.43. The Morgan fingerprint density at radius 1 is 0.974 bits per heavy atom. The maximum atomic E-state index is 13.2. The first-order valence-corrected chi connectivity index (χ1v) is 12.6. The highest BCUT2D eigenvalue weighted by atomic mass is 32.2. The van der Waals surface area contributed by atoms with Crippen LogP contribution in [-0.4, -0.2) is 42.1 Å². The number of aromatic nitrogens is 1. The first-order valence-electron chi connectivity index (χ1n) is 11.1. The summed E-state index contributed by atoms with van der Waals surface area (Å²) in [5.41, 5.74) is -0.421. The van der Waals surface area contributed by atoms with Gasteiger partial charge in [-0.1, -0.05) is 18.2 Å². The van der Waals surface area contributed by atoms with Gasteiger partial charge in [0.05, 0.1) is 11.4 Å². The Bertz CT molecular complexity index is 1450. The van der Waals surface area contributed by atoms with E-state index < -0.39 is 39.8 Å². The molecule has 2 heterocycles. The van der Waals surface area contributed by atoms with Crippen molar-refractivity contribution in [2.45, 2.75) is 32.3 Å². The number of ether oxygens (including phenoxy) is 1. The minimum absolute atomic E-state index is 0.0150. The molecule has 0 atom stereocenters. The molecular weight excluding hydrogens is 527 g/mol. The summed E-state index contributed by atoms with van der Waals surface area (Å²) in [5.74, 6) is -1.10. The Hall–Kier alpha value is -4.33. The fraction of sp³-hybridized carbons (Fsp3) is 0.208. The van der Waals surface area contributed by atoms with E-state index in [-0.39, 0.29) is 18.1 Å². The van der Waals surface area contributed by atoms with Crippen LogP contribution in [0.1, 0.15) is 19.4 Å². The molecule has 2 aromatic carbocycles. The van der Waals surface area contributed by atoms with Crippen molar-refractivity contribution in [1.29, 1.82) is 0 Å². The van der Waals surface area contributed by atoms with Crippen molar-refractivity contribution >= 4 is 39.3 Å². The van der Waals surface area contributed by atoms with E-state index in [9.17, 15) is 31.2 Å². The van der Waals surface area contributed by atoms with Gasteiger partial charge < -0.3 is 9.64 Å². The summed E-state index contributed by atoms with van der Waals surface area (Å²) in [6.07, 6.45) is -3.53. The largest absolute Gasteiger partial charge is 0.573 e. The maximum absolute atomic E-state index is 13.2. The van der Waals surface area contributed by atoms with Gasteiger partial charge in [-0.2, -0.15) is 8.42 Å². The predicted octanol–water partition coefficient (Wildman–Crippen LogP) is 4.50. The van der Waals surface area contributed by atoms with Crippen molar-refractivity contribution in [3.63, 3.8) is 0 Å². The summed E-state index contributed by atoms with van der Waals surface area (Å²) in [7, 11) is -4.02. The molecule has 1 aliphatic heterocycles. The lowest BCUT2D eigenvalue weighted by Gasteiger charge is -2.27. The molecule has 1 aliphatic rings. The van der Waals surface area contributed by atoms with Gasteiger partial charge in [-0.25, -0.2) is 14.7 Å². The van der Waals surface area contributed by atoms with E-state index in [0.717, 1.165) is 17.0 Å². The molecule has 0 bridgehead atoms. The van der Waals surface area contributed by atoms with Gasteiger partial charge >= 0.3 is 22.6 Å². The highest BCUT2D eigenvalue weighted by molar-refractivity contribution is 7.94. The second-order valence-corrected chi connectivity index (χ2v) is 10.1. The number of hydrogen-bond acceptors (Lipinski definition) is 6. The molecule has 0 saturated carbocycles. The van der Waals surface area contributed by atoms with Gasteiger partial charge in [0, 0.05) is 12.7 Å². The zero-order valence-electron chi connectivity index (χ0n) is 20.1. The van der Waals surface area contributed by atoms with Gasteiger partial charge in [0.2, 0.25) is 0 Å². The molecule has 14 heteroatoms. The van der Waals surface area contributed by atoms with Crippen LogP contribution >= 0.6 is 0 Å². The molecule has 200 valence electrons. The van der Waals surface area contributed by atoms with Crippen LogP contribution in [0.3, 0.4) is 0 Å². The zero-order valence-corrected chi connectivity index (χ0v) is 20.9. The maximum Gasteiger partial charge on any atom is 0.573 e. The van der Waals surface area contributed by atoms with Crippen LogP contribution in [0, 0.1) is 0 Å². The standard InChI is InChI=1S/C24H22F3N5O5S/c1-23(2)21(33)32(18-8-10-19(11-9-18)37-24(25,26)27)22(34)31(23)15-16-12-13-28-20(14-16)30-38(35,36)29-17-6-4-3-5-7-17/h3-14,29H,15H2,1-2H3,(H,28,30). The number of anilines is 3. The number of benzene rings is 2. The van der Waals surface area contributed by atoms with Crippen molar-refractivity contribution in [2.75, 3.05) is 14.3 Å². The first-order chi connectivity index (χ1) is 17.7. The first kappa shape index (κ1) is 26.7. The van der Waals surface area contributed by atoms with E-state index in [2.05, 4.69) is 19.2 Å². The van der Waals surface area contributed by atoms with E-state index >= 15 is 0 Å². The Balaban J connectivity index is 1.51. The van der Waals surface area contributed by atoms with Crippen molar-refractivity contribution < 1.29 is 35.9 Å². The van der Waals surface area contributed by atoms with Crippen LogP contribution in [0.15, 0.2) is 72.9 Å². The molecule has 0 unspecified atom stereocenters. The highest BCUT2D eigenvalue weighted by Gasteiger charge is 2.51. The molecule has 1 saturated heterocycles. The zero-order chi connectivity index (χ0) is 27.7. The van der Waals surface area contributed by atoms with Crippen molar-refractivity contribution in [3.8, 4) is 5.75 Å². The quantitative estimate of drug-likeness (QED) is 0.400. The van der Waals surface area contributed by atoms with Crippen LogP contribution in [0.25, 0.3) is 0 Å². The molecule has 10 nitrogen and oxygen atoms in total. The lowest BCUT2D eigenvalue weighted by atomic mass is 10.0. The van der Waals surface area contributed by atoms with Crippen molar-refractivity contribution in [3.05, 3.63) is 78.5 Å². The van der Waals surface area contributed by atoms with E-state index in [1.807, 2.05) is 0 Å². The molecule has 1 fully saturated rings. The lowest BCUT2D eigenvalue weighted by molar-refractivity contribution is -0.274. The van der Waals surface area contributed by atoms with Crippen LogP contribution < -0.4 is 19.1 Å². The number of carbonyl (C=O) groups excluding carboxylic acids is 2. The number of para-hydroxylation sites is 1. The second kappa shape index (κ2) is 9.85. The van der Waals surface area contributed by atoms with E-state index in [1.165, 1.54) is 43.1 Å². The third-order valence-corrected chi connectivity index (χ3v) is 6.56. The molecule has 1 aromatic heterocycles. The average Bonchev–Trinajstić information content (AvgIpc) is 2.98. The van der Waals surface area contributed by atoms with Gasteiger partial charge in [-0.3, -0.25) is 14.2 Å². The molecule has 0 radical (unpaired) electrons. The van der Waals surface area contributed by atoms with Gasteiger partial charge in [-0.15, -0.1) is 13.2 Å². The topological polar surface area (TPSA) is 121 Å². The van der Waals surface area contributed by atoms with Gasteiger partial charge in [0.1, 0.15) is 17.1 Å². The smallest absolute Gasteiger partial charge is 0.406 e. The Labute approximate surface area is 216 Å². The molecule has 0 spiro atoms. The fourth-order valence-electron chi connectivity index (χ4n) is 3.76. The summed E-state index contributed by atoms with van der Waals surface area (Å²) in [5, 5.41) is 0. The summed E-state index contributed by atoms with van der Waals surface area (Å²) in [4.78, 5) is 32.5. The molecule has 4 rings (SSSR count). The number of carbonyl (C=O) groups is 2. The molecule has 0 aliphatic carbocycles. The number of halogens is 3. The summed E-state index contributed by atoms with van der Waals surface area (Å²) in [6.45, 7) is 2.98. The number of nitrogens with one attached hydrogen (secondary N) is 2. The minimum Gasteiger partial charge on any atom is -0.406 e. The number of urea groups is 1. The number of nitrogens with zero attached hydrogens (tertiary/aromatic N) is 3. The van der Waals surface area contributed by atoms with Gasteiger partial charge in [0.15, 0.2) is 0 Å². The number of rotatable bonds is 8. The number of imide groups is 1. The van der Waals surface area contributed by atoms with Crippen LogP contribution in [0.5, 0.6) is 5.75 Å². The highest BCUT2D eigenvalue weighted by Crippen LogP contribution is 2.34. The average molecular weight is 550 g/mol. The Kier molecular flexibility index (Phi) is 6.93. The van der Waals surface area contributed by atoms with Crippen LogP contribution in [-0.2, 0) is 21.5 Å². The van der Waals surface area contributed by atoms with Crippen molar-refractivity contribution in [2.24, 2.45) is 0 Å². The SMILES string of the molecule is CC1(C)C(=O)N(c2ccc(OC(F)(F)F)cc2)C(=O)N1Cc1ccnc(NS(=O)(=O)Nc2ccccc2)c1. The molecule has 3 aromatic rings. The van der Waals surface area contributed by atoms with E-state index in [4.69, 9.17) is 0 Å². The molecular formula is C24H22F3N5O5S. The van der Waals surface area contributed by atoms with Gasteiger partial charge in [0.25, 0.3) is 5.91 Å². The van der Waals surface area contributed by atoms with Crippen LogP contribution in [0.2, 0.25) is 0 Å². The number of amides is 3. The third-order valence-electron chi connectivity index (χ3n) is 5.58. The number of pyridine rings is 1. The normalized spacial score (nSPS) is 15.5. The molecule has 2 N–H and O–H groups in total. The number of hydrogen-bond donors (Lipinski definition) is 2. The fourth-order valence-corrected chi connectivity index (χ4v) is 4.65. The third kappa shape index (κ3) is 5.96. The Morgan fingerprint density at radius 2 is 1.63 bits per heavy atom. The molecule has 3 amide bonds. The monoisotopic (exact) mass is 549 g/mol. The molecule has 38 heavy (non-hydrogen) atoms. The second-order valence-electron chi connectivity index (χ2n) is 8.73. The minimum atomic E-state index is -4.88. The van der Waals surface area contributed by atoms with Gasteiger partial charge in [-0.05, 0) is 67.9 Å². The summed E-state index contributed by atoms with van der Waals surface area (Å²) < 4.78 is 70.8. The number of alkyl halides is 3.